The molecular formula is C20H21Cl3N2O3. The van der Waals surface area contributed by atoms with Crippen LogP contribution in [0.4, 0.5) is 0 Å². The Hall–Kier alpha value is -1.95. The van der Waals surface area contributed by atoms with Gasteiger partial charge in [-0.1, -0.05) is 47.8 Å². The second kappa shape index (κ2) is 10.6. The molecule has 0 radical (unpaired) electrons. The SMILES string of the molecule is CC[C@H](C(=O)NC)N(Cc1c(Cl)cccc1Cl)C(=O)COc1ccc(Cl)cc1. The zero-order valence-corrected chi connectivity index (χ0v) is 17.8. The van der Waals surface area contributed by atoms with Gasteiger partial charge in [-0.2, -0.15) is 0 Å². The molecule has 8 heteroatoms. The molecule has 2 aromatic carbocycles. The third-order valence-electron chi connectivity index (χ3n) is 4.20. The second-order valence-electron chi connectivity index (χ2n) is 6.00. The van der Waals surface area contributed by atoms with Crippen LogP contribution in [0.3, 0.4) is 0 Å². The minimum Gasteiger partial charge on any atom is -0.484 e. The highest BCUT2D eigenvalue weighted by atomic mass is 35.5. The fraction of sp³-hybridized carbons (Fsp3) is 0.300. The predicted octanol–water partition coefficient (Wildman–Crippen LogP) is 4.58. The van der Waals surface area contributed by atoms with Gasteiger partial charge in [0.25, 0.3) is 5.91 Å². The minimum absolute atomic E-state index is 0.0905. The molecule has 0 aliphatic carbocycles. The summed E-state index contributed by atoms with van der Waals surface area (Å²) in [5, 5.41) is 4.01. The highest BCUT2D eigenvalue weighted by Crippen LogP contribution is 2.27. The molecule has 0 spiro atoms. The molecule has 0 unspecified atom stereocenters. The summed E-state index contributed by atoms with van der Waals surface area (Å²) in [5.41, 5.74) is 0.577. The zero-order chi connectivity index (χ0) is 20.7. The van der Waals surface area contributed by atoms with Crippen molar-refractivity contribution in [3.63, 3.8) is 0 Å². The van der Waals surface area contributed by atoms with E-state index in [1.54, 1.807) is 42.5 Å². The minimum atomic E-state index is -0.682. The molecule has 28 heavy (non-hydrogen) atoms. The van der Waals surface area contributed by atoms with E-state index < -0.39 is 6.04 Å². The van der Waals surface area contributed by atoms with Gasteiger partial charge in [-0.05, 0) is 42.8 Å². The molecule has 2 rings (SSSR count). The predicted molar refractivity (Wildman–Crippen MR) is 112 cm³/mol. The van der Waals surface area contributed by atoms with E-state index in [4.69, 9.17) is 39.5 Å². The maximum Gasteiger partial charge on any atom is 0.261 e. The number of halogens is 3. The molecule has 0 saturated carbocycles. The van der Waals surface area contributed by atoms with E-state index in [0.29, 0.717) is 32.8 Å². The van der Waals surface area contributed by atoms with E-state index >= 15 is 0 Å². The average molecular weight is 444 g/mol. The number of nitrogens with one attached hydrogen (secondary N) is 1. The normalized spacial score (nSPS) is 11.6. The first-order valence-corrected chi connectivity index (χ1v) is 9.83. The number of hydrogen-bond acceptors (Lipinski definition) is 3. The molecule has 0 heterocycles. The van der Waals surface area contributed by atoms with Crippen molar-refractivity contribution in [3.8, 4) is 5.75 Å². The summed E-state index contributed by atoms with van der Waals surface area (Å²) in [5.74, 6) is -0.131. The molecule has 1 atom stereocenters. The van der Waals surface area contributed by atoms with Crippen LogP contribution >= 0.6 is 34.8 Å². The van der Waals surface area contributed by atoms with E-state index in [1.165, 1.54) is 11.9 Å². The van der Waals surface area contributed by atoms with Gasteiger partial charge in [-0.25, -0.2) is 0 Å². The van der Waals surface area contributed by atoms with Crippen molar-refractivity contribution >= 4 is 46.6 Å². The highest BCUT2D eigenvalue weighted by molar-refractivity contribution is 6.36. The van der Waals surface area contributed by atoms with Crippen molar-refractivity contribution in [1.29, 1.82) is 0 Å². The standard InChI is InChI=1S/C20H21Cl3N2O3/c1-3-18(20(27)24-2)25(11-15-16(22)5-4-6-17(15)23)19(26)12-28-14-9-7-13(21)8-10-14/h4-10,18H,3,11-12H2,1-2H3,(H,24,27)/t18-/m1/s1. The largest absolute Gasteiger partial charge is 0.484 e. The van der Waals surface area contributed by atoms with Gasteiger partial charge < -0.3 is 15.0 Å². The summed E-state index contributed by atoms with van der Waals surface area (Å²) in [6.45, 7) is 1.68. The molecule has 2 amide bonds. The van der Waals surface area contributed by atoms with Crippen molar-refractivity contribution in [2.45, 2.75) is 25.9 Å². The number of carbonyl (C=O) groups is 2. The summed E-state index contributed by atoms with van der Waals surface area (Å²) in [4.78, 5) is 26.7. The molecule has 0 bridgehead atoms. The van der Waals surface area contributed by atoms with Crippen LogP contribution in [0.15, 0.2) is 42.5 Å². The van der Waals surface area contributed by atoms with Crippen molar-refractivity contribution in [1.82, 2.24) is 10.2 Å². The first kappa shape index (κ1) is 22.3. The summed E-state index contributed by atoms with van der Waals surface area (Å²) < 4.78 is 5.56. The summed E-state index contributed by atoms with van der Waals surface area (Å²) in [7, 11) is 1.53. The van der Waals surface area contributed by atoms with Crippen molar-refractivity contribution in [2.75, 3.05) is 13.7 Å². The molecule has 0 aromatic heterocycles. The Balaban J connectivity index is 2.24. The second-order valence-corrected chi connectivity index (χ2v) is 7.25. The Kier molecular flexibility index (Phi) is 8.42. The van der Waals surface area contributed by atoms with Crippen LogP contribution in [0.2, 0.25) is 15.1 Å². The Morgan fingerprint density at radius 1 is 1.07 bits per heavy atom. The Morgan fingerprint density at radius 3 is 2.21 bits per heavy atom. The fourth-order valence-corrected chi connectivity index (χ4v) is 3.34. The number of carbonyl (C=O) groups excluding carboxylic acids is 2. The van der Waals surface area contributed by atoms with Crippen LogP contribution in [0.25, 0.3) is 0 Å². The van der Waals surface area contributed by atoms with Crippen LogP contribution in [-0.2, 0) is 16.1 Å². The topological polar surface area (TPSA) is 58.6 Å². The van der Waals surface area contributed by atoms with E-state index in [9.17, 15) is 9.59 Å². The number of ether oxygens (including phenoxy) is 1. The number of nitrogens with zero attached hydrogens (tertiary/aromatic N) is 1. The lowest BCUT2D eigenvalue weighted by atomic mass is 10.1. The van der Waals surface area contributed by atoms with Gasteiger partial charge >= 0.3 is 0 Å². The molecule has 150 valence electrons. The fourth-order valence-electron chi connectivity index (χ4n) is 2.70. The van der Waals surface area contributed by atoms with Gasteiger partial charge in [0.05, 0.1) is 0 Å². The molecule has 2 aromatic rings. The summed E-state index contributed by atoms with van der Waals surface area (Å²) in [6, 6.07) is 11.1. The third kappa shape index (κ3) is 5.77. The quantitative estimate of drug-likeness (QED) is 0.650. The number of benzene rings is 2. The van der Waals surface area contributed by atoms with Crippen LogP contribution in [0.5, 0.6) is 5.75 Å². The lowest BCUT2D eigenvalue weighted by Gasteiger charge is -2.30. The molecule has 0 aliphatic rings. The Morgan fingerprint density at radius 2 is 1.68 bits per heavy atom. The first-order valence-electron chi connectivity index (χ1n) is 8.69. The lowest BCUT2D eigenvalue weighted by Crippen LogP contribution is -2.49. The maximum atomic E-state index is 12.9. The summed E-state index contributed by atoms with van der Waals surface area (Å²) >= 11 is 18.4. The molecular weight excluding hydrogens is 423 g/mol. The molecule has 1 N–H and O–H groups in total. The van der Waals surface area contributed by atoms with Gasteiger partial charge in [0.2, 0.25) is 5.91 Å². The first-order chi connectivity index (χ1) is 13.4. The highest BCUT2D eigenvalue weighted by Gasteiger charge is 2.29. The van der Waals surface area contributed by atoms with E-state index in [0.717, 1.165) is 0 Å². The van der Waals surface area contributed by atoms with Gasteiger partial charge in [-0.3, -0.25) is 9.59 Å². The molecule has 0 saturated heterocycles. The van der Waals surface area contributed by atoms with Crippen molar-refractivity contribution in [3.05, 3.63) is 63.1 Å². The Labute approximate surface area is 179 Å². The van der Waals surface area contributed by atoms with Crippen LogP contribution in [-0.4, -0.2) is 36.4 Å². The van der Waals surface area contributed by atoms with E-state index in [-0.39, 0.29) is 25.0 Å². The van der Waals surface area contributed by atoms with Gasteiger partial charge in [0.1, 0.15) is 11.8 Å². The lowest BCUT2D eigenvalue weighted by molar-refractivity contribution is -0.142. The number of rotatable bonds is 8. The van der Waals surface area contributed by atoms with Gasteiger partial charge in [-0.15, -0.1) is 0 Å². The molecule has 5 nitrogen and oxygen atoms in total. The number of likely N-dealkylation sites (N-methyl/N-ethyl adjacent to an activating group) is 1. The maximum absolute atomic E-state index is 12.9. The van der Waals surface area contributed by atoms with Crippen molar-refractivity contribution < 1.29 is 14.3 Å². The van der Waals surface area contributed by atoms with Crippen LogP contribution < -0.4 is 10.1 Å². The molecule has 0 fully saturated rings. The smallest absolute Gasteiger partial charge is 0.261 e. The van der Waals surface area contributed by atoms with Crippen molar-refractivity contribution in [2.24, 2.45) is 0 Å². The molecule has 0 aliphatic heterocycles. The van der Waals surface area contributed by atoms with Gasteiger partial charge in [0, 0.05) is 34.2 Å². The Bertz CT molecular complexity index is 808. The zero-order valence-electron chi connectivity index (χ0n) is 15.5. The van der Waals surface area contributed by atoms with E-state index in [1.807, 2.05) is 6.92 Å². The number of hydrogen-bond donors (Lipinski definition) is 1. The van der Waals surface area contributed by atoms with Gasteiger partial charge in [0.15, 0.2) is 6.61 Å². The van der Waals surface area contributed by atoms with Crippen LogP contribution in [0.1, 0.15) is 18.9 Å². The average Bonchev–Trinajstić information content (AvgIpc) is 2.69. The van der Waals surface area contributed by atoms with Crippen LogP contribution in [0, 0.1) is 0 Å². The van der Waals surface area contributed by atoms with E-state index in [2.05, 4.69) is 5.32 Å². The third-order valence-corrected chi connectivity index (χ3v) is 5.16. The summed E-state index contributed by atoms with van der Waals surface area (Å²) in [6.07, 6.45) is 0.425. The number of amides is 2. The monoisotopic (exact) mass is 442 g/mol.